The molecule has 2 N–H and O–H groups in total. The van der Waals surface area contributed by atoms with E-state index in [0.29, 0.717) is 0 Å². The molecular formula is C8H12N4O3. The fraction of sp³-hybridized carbons (Fsp3) is 0.625. The molecule has 1 saturated heterocycles. The number of hydrogen-bond donors (Lipinski definition) is 2. The molecule has 0 aliphatic carbocycles. The Bertz CT molecular complexity index is 330. The van der Waals surface area contributed by atoms with Crippen LogP contribution in [0.3, 0.4) is 0 Å². The van der Waals surface area contributed by atoms with Gasteiger partial charge in [-0.25, -0.2) is 4.68 Å². The van der Waals surface area contributed by atoms with Crippen LogP contribution in [0.25, 0.3) is 0 Å². The van der Waals surface area contributed by atoms with E-state index in [1.807, 2.05) is 0 Å². The van der Waals surface area contributed by atoms with Crippen LogP contribution in [0.5, 0.6) is 0 Å². The molecular weight excluding hydrogens is 200 g/mol. The molecule has 1 aromatic heterocycles. The first-order valence-corrected chi connectivity index (χ1v) is 4.65. The van der Waals surface area contributed by atoms with E-state index in [4.69, 9.17) is 0 Å². The summed E-state index contributed by atoms with van der Waals surface area (Å²) in [7, 11) is 0. The standard InChI is InChI=1S/C8H12N4O3/c13-6-3-11(4-7(6)14)8(15)5-12-2-1-9-10-12/h1-2,6-7,13-14H,3-5H2. The molecule has 82 valence electrons. The van der Waals surface area contributed by atoms with Crippen molar-refractivity contribution in [3.8, 4) is 0 Å². The average Bonchev–Trinajstić information content (AvgIpc) is 2.78. The summed E-state index contributed by atoms with van der Waals surface area (Å²) in [6, 6.07) is 0. The van der Waals surface area contributed by atoms with Gasteiger partial charge in [-0.15, -0.1) is 5.10 Å². The van der Waals surface area contributed by atoms with E-state index in [0.717, 1.165) is 0 Å². The zero-order valence-electron chi connectivity index (χ0n) is 8.02. The maximum Gasteiger partial charge on any atom is 0.244 e. The molecule has 1 amide bonds. The van der Waals surface area contributed by atoms with Crippen LogP contribution in [-0.2, 0) is 11.3 Å². The lowest BCUT2D eigenvalue weighted by atomic mass is 10.3. The van der Waals surface area contributed by atoms with Crippen LogP contribution >= 0.6 is 0 Å². The van der Waals surface area contributed by atoms with Gasteiger partial charge in [0.1, 0.15) is 6.54 Å². The van der Waals surface area contributed by atoms with Gasteiger partial charge >= 0.3 is 0 Å². The van der Waals surface area contributed by atoms with Gasteiger partial charge in [-0.1, -0.05) is 5.21 Å². The van der Waals surface area contributed by atoms with Crippen LogP contribution in [0.1, 0.15) is 0 Å². The van der Waals surface area contributed by atoms with Crippen LogP contribution < -0.4 is 0 Å². The van der Waals surface area contributed by atoms with Crippen molar-refractivity contribution in [2.24, 2.45) is 0 Å². The molecule has 1 fully saturated rings. The number of aliphatic hydroxyl groups excluding tert-OH is 2. The Hall–Kier alpha value is -1.47. The second-order valence-corrected chi connectivity index (χ2v) is 3.53. The third-order valence-corrected chi connectivity index (χ3v) is 2.38. The minimum atomic E-state index is -0.843. The topological polar surface area (TPSA) is 91.5 Å². The van der Waals surface area contributed by atoms with Crippen LogP contribution in [0.2, 0.25) is 0 Å². The van der Waals surface area contributed by atoms with Gasteiger partial charge in [-0.2, -0.15) is 0 Å². The zero-order valence-corrected chi connectivity index (χ0v) is 8.02. The number of amides is 1. The molecule has 2 heterocycles. The molecule has 2 rings (SSSR count). The lowest BCUT2D eigenvalue weighted by Gasteiger charge is -2.14. The number of β-amino-alcohol motifs (C(OH)–C–C–N with tert-alkyl or cyclic N) is 2. The van der Waals surface area contributed by atoms with Crippen molar-refractivity contribution in [2.75, 3.05) is 13.1 Å². The van der Waals surface area contributed by atoms with Crippen molar-refractivity contribution < 1.29 is 15.0 Å². The summed E-state index contributed by atoms with van der Waals surface area (Å²) in [5.74, 6) is -0.184. The molecule has 0 spiro atoms. The average molecular weight is 212 g/mol. The van der Waals surface area contributed by atoms with Gasteiger partial charge in [-0.05, 0) is 0 Å². The second-order valence-electron chi connectivity index (χ2n) is 3.53. The summed E-state index contributed by atoms with van der Waals surface area (Å²) in [5.41, 5.74) is 0. The van der Waals surface area contributed by atoms with E-state index in [1.165, 1.54) is 15.8 Å². The Morgan fingerprint density at radius 1 is 1.40 bits per heavy atom. The highest BCUT2D eigenvalue weighted by Gasteiger charge is 2.32. The fourth-order valence-corrected chi connectivity index (χ4v) is 1.53. The highest BCUT2D eigenvalue weighted by molar-refractivity contribution is 5.76. The second kappa shape index (κ2) is 3.95. The summed E-state index contributed by atoms with van der Waals surface area (Å²) in [4.78, 5) is 13.0. The maximum absolute atomic E-state index is 11.6. The number of carbonyl (C=O) groups is 1. The minimum Gasteiger partial charge on any atom is -0.388 e. The van der Waals surface area contributed by atoms with Crippen molar-refractivity contribution in [3.63, 3.8) is 0 Å². The van der Waals surface area contributed by atoms with Crippen LogP contribution in [0.15, 0.2) is 12.4 Å². The van der Waals surface area contributed by atoms with Crippen molar-refractivity contribution >= 4 is 5.91 Å². The summed E-state index contributed by atoms with van der Waals surface area (Å²) in [6.07, 6.45) is 1.39. The summed E-state index contributed by atoms with van der Waals surface area (Å²) >= 11 is 0. The Morgan fingerprint density at radius 3 is 2.60 bits per heavy atom. The number of rotatable bonds is 2. The molecule has 2 atom stereocenters. The summed E-state index contributed by atoms with van der Waals surface area (Å²) in [6.45, 7) is 0.433. The van der Waals surface area contributed by atoms with Gasteiger partial charge in [0.05, 0.1) is 18.4 Å². The molecule has 1 aromatic rings. The third kappa shape index (κ3) is 2.13. The molecule has 0 saturated carbocycles. The van der Waals surface area contributed by atoms with Crippen molar-refractivity contribution in [2.45, 2.75) is 18.8 Å². The molecule has 7 nitrogen and oxygen atoms in total. The van der Waals surface area contributed by atoms with E-state index in [9.17, 15) is 15.0 Å². The van der Waals surface area contributed by atoms with E-state index < -0.39 is 12.2 Å². The fourth-order valence-electron chi connectivity index (χ4n) is 1.53. The molecule has 0 radical (unpaired) electrons. The maximum atomic E-state index is 11.6. The van der Waals surface area contributed by atoms with Gasteiger partial charge in [0.2, 0.25) is 5.91 Å². The van der Waals surface area contributed by atoms with E-state index in [-0.39, 0.29) is 25.5 Å². The van der Waals surface area contributed by atoms with E-state index in [2.05, 4.69) is 10.3 Å². The number of aromatic nitrogens is 3. The highest BCUT2D eigenvalue weighted by Crippen LogP contribution is 2.10. The first-order valence-electron chi connectivity index (χ1n) is 4.65. The molecule has 1 aliphatic heterocycles. The van der Waals surface area contributed by atoms with E-state index >= 15 is 0 Å². The SMILES string of the molecule is O=C(Cn1ccnn1)N1CC(O)C(O)C1. The van der Waals surface area contributed by atoms with E-state index in [1.54, 1.807) is 6.20 Å². The largest absolute Gasteiger partial charge is 0.388 e. The number of likely N-dealkylation sites (tertiary alicyclic amines) is 1. The lowest BCUT2D eigenvalue weighted by Crippen LogP contribution is -2.33. The summed E-state index contributed by atoms with van der Waals surface area (Å²) in [5, 5.41) is 25.8. The predicted molar refractivity (Wildman–Crippen MR) is 48.6 cm³/mol. The van der Waals surface area contributed by atoms with Gasteiger partial charge in [0.25, 0.3) is 0 Å². The monoisotopic (exact) mass is 212 g/mol. The Morgan fingerprint density at radius 2 is 2.07 bits per heavy atom. The molecule has 7 heteroatoms. The van der Waals surface area contributed by atoms with Crippen molar-refractivity contribution in [3.05, 3.63) is 12.4 Å². The molecule has 1 aliphatic rings. The Balaban J connectivity index is 1.92. The Labute approximate surface area is 85.9 Å². The lowest BCUT2D eigenvalue weighted by molar-refractivity contribution is -0.131. The normalized spacial score (nSPS) is 25.9. The molecule has 0 bridgehead atoms. The van der Waals surface area contributed by atoms with Gasteiger partial charge < -0.3 is 15.1 Å². The zero-order chi connectivity index (χ0) is 10.8. The van der Waals surface area contributed by atoms with Crippen LogP contribution in [0, 0.1) is 0 Å². The third-order valence-electron chi connectivity index (χ3n) is 2.38. The molecule has 15 heavy (non-hydrogen) atoms. The first kappa shape index (κ1) is 10.1. The highest BCUT2D eigenvalue weighted by atomic mass is 16.3. The number of aliphatic hydroxyl groups is 2. The van der Waals surface area contributed by atoms with Gasteiger partial charge in [-0.3, -0.25) is 4.79 Å². The van der Waals surface area contributed by atoms with Crippen LogP contribution in [0.4, 0.5) is 0 Å². The summed E-state index contributed by atoms with van der Waals surface area (Å²) < 4.78 is 1.40. The quantitative estimate of drug-likeness (QED) is 0.582. The van der Waals surface area contributed by atoms with Crippen molar-refractivity contribution in [1.29, 1.82) is 0 Å². The smallest absolute Gasteiger partial charge is 0.244 e. The number of carbonyl (C=O) groups excluding carboxylic acids is 1. The van der Waals surface area contributed by atoms with Crippen molar-refractivity contribution in [1.82, 2.24) is 19.9 Å². The number of hydrogen-bond acceptors (Lipinski definition) is 5. The van der Waals surface area contributed by atoms with Crippen LogP contribution in [-0.4, -0.2) is 61.3 Å². The first-order chi connectivity index (χ1) is 7.16. The minimum absolute atomic E-state index is 0.0828. The van der Waals surface area contributed by atoms with Gasteiger partial charge in [0.15, 0.2) is 0 Å². The molecule has 0 aromatic carbocycles. The van der Waals surface area contributed by atoms with Gasteiger partial charge in [0, 0.05) is 19.3 Å². The number of nitrogens with zero attached hydrogens (tertiary/aromatic N) is 4. The predicted octanol–water partition coefficient (Wildman–Crippen LogP) is -2.16. The molecule has 2 unspecified atom stereocenters. The Kier molecular flexibility index (Phi) is 2.65.